The van der Waals surface area contributed by atoms with E-state index in [4.69, 9.17) is 14.2 Å². The monoisotopic (exact) mass is 603 g/mol. The van der Waals surface area contributed by atoms with E-state index >= 15 is 0 Å². The summed E-state index contributed by atoms with van der Waals surface area (Å²) in [5.74, 6) is -0.0114. The lowest BCUT2D eigenvalue weighted by Gasteiger charge is -2.44. The van der Waals surface area contributed by atoms with E-state index in [-0.39, 0.29) is 30.6 Å². The van der Waals surface area contributed by atoms with Crippen LogP contribution in [0, 0.1) is 5.92 Å². The molecule has 11 nitrogen and oxygen atoms in total. The van der Waals surface area contributed by atoms with Gasteiger partial charge in [-0.2, -0.15) is 0 Å². The SMILES string of the molecule is CC(=O)O[C@@H](C)C(=O)NCc1ccc([C@H]2O[C@@H](CN3CCN(c4ncccn4)CC3)[C@@H](C)[C@@H](c3ccc(CO)cc3)O2)cc1. The van der Waals surface area contributed by atoms with Gasteiger partial charge in [0.05, 0.1) is 18.8 Å². The fourth-order valence-corrected chi connectivity index (χ4v) is 5.60. The highest BCUT2D eigenvalue weighted by Crippen LogP contribution is 2.42. The average Bonchev–Trinajstić information content (AvgIpc) is 3.05. The Morgan fingerprint density at radius 3 is 2.25 bits per heavy atom. The Bertz CT molecular complexity index is 1370. The normalized spacial score (nSPS) is 23.1. The van der Waals surface area contributed by atoms with E-state index in [1.807, 2.05) is 54.6 Å². The Morgan fingerprint density at radius 1 is 0.977 bits per heavy atom. The van der Waals surface area contributed by atoms with Crippen LogP contribution in [0.25, 0.3) is 0 Å². The summed E-state index contributed by atoms with van der Waals surface area (Å²) in [5, 5.41) is 12.3. The number of nitrogens with one attached hydrogen (secondary N) is 1. The molecule has 3 heterocycles. The topological polar surface area (TPSA) is 126 Å². The number of hydrogen-bond donors (Lipinski definition) is 2. The Hall–Kier alpha value is -3.90. The maximum absolute atomic E-state index is 12.2. The Balaban J connectivity index is 1.26. The molecule has 1 amide bonds. The number of aromatic nitrogens is 2. The van der Waals surface area contributed by atoms with E-state index in [0.717, 1.165) is 60.9 Å². The zero-order valence-electron chi connectivity index (χ0n) is 25.5. The second-order valence-electron chi connectivity index (χ2n) is 11.4. The van der Waals surface area contributed by atoms with E-state index in [0.29, 0.717) is 6.54 Å². The molecule has 2 aliphatic rings. The van der Waals surface area contributed by atoms with Gasteiger partial charge in [0.25, 0.3) is 5.91 Å². The first-order valence-electron chi connectivity index (χ1n) is 15.1. The van der Waals surface area contributed by atoms with Crippen molar-refractivity contribution in [3.05, 3.63) is 89.2 Å². The van der Waals surface area contributed by atoms with E-state index < -0.39 is 18.4 Å². The fraction of sp³-hybridized carbons (Fsp3) is 0.455. The van der Waals surface area contributed by atoms with Gasteiger partial charge in [0, 0.05) is 70.1 Å². The van der Waals surface area contributed by atoms with Crippen molar-refractivity contribution in [3.8, 4) is 0 Å². The minimum atomic E-state index is -0.854. The number of ether oxygens (including phenoxy) is 3. The summed E-state index contributed by atoms with van der Waals surface area (Å²) in [5.41, 5.74) is 3.68. The summed E-state index contributed by atoms with van der Waals surface area (Å²) in [4.78, 5) is 36.8. The van der Waals surface area contributed by atoms with Gasteiger partial charge in [0.1, 0.15) is 0 Å². The fourth-order valence-electron chi connectivity index (χ4n) is 5.60. The van der Waals surface area contributed by atoms with Crippen LogP contribution in [0.15, 0.2) is 67.0 Å². The molecule has 0 saturated carbocycles. The van der Waals surface area contributed by atoms with Crippen molar-refractivity contribution in [1.82, 2.24) is 20.2 Å². The molecule has 2 fully saturated rings. The maximum Gasteiger partial charge on any atom is 0.303 e. The molecule has 2 aliphatic heterocycles. The number of aliphatic hydroxyl groups excluding tert-OH is 1. The third kappa shape index (κ3) is 7.97. The largest absolute Gasteiger partial charge is 0.453 e. The van der Waals surface area contributed by atoms with Gasteiger partial charge < -0.3 is 29.5 Å². The highest BCUT2D eigenvalue weighted by Gasteiger charge is 2.39. The quantitative estimate of drug-likeness (QED) is 0.334. The number of benzene rings is 2. The molecule has 2 saturated heterocycles. The number of hydrogen-bond acceptors (Lipinski definition) is 10. The molecule has 2 N–H and O–H groups in total. The average molecular weight is 604 g/mol. The van der Waals surface area contributed by atoms with Crippen LogP contribution in [0.2, 0.25) is 0 Å². The minimum Gasteiger partial charge on any atom is -0.453 e. The zero-order chi connectivity index (χ0) is 31.1. The molecule has 0 spiro atoms. The molecule has 5 rings (SSSR count). The number of aliphatic hydroxyl groups is 1. The maximum atomic E-state index is 12.2. The summed E-state index contributed by atoms with van der Waals surface area (Å²) < 4.78 is 18.2. The predicted molar refractivity (Wildman–Crippen MR) is 163 cm³/mol. The first-order valence-corrected chi connectivity index (χ1v) is 15.1. The summed E-state index contributed by atoms with van der Waals surface area (Å²) in [7, 11) is 0. The van der Waals surface area contributed by atoms with Crippen molar-refractivity contribution in [2.24, 2.45) is 5.92 Å². The molecule has 44 heavy (non-hydrogen) atoms. The number of piperazine rings is 1. The Labute approximate surface area is 258 Å². The van der Waals surface area contributed by atoms with E-state index in [1.165, 1.54) is 6.92 Å². The number of nitrogens with zero attached hydrogens (tertiary/aromatic N) is 4. The number of anilines is 1. The first-order chi connectivity index (χ1) is 21.3. The van der Waals surface area contributed by atoms with Crippen LogP contribution in [0.1, 0.15) is 55.4 Å². The van der Waals surface area contributed by atoms with Gasteiger partial charge in [-0.1, -0.05) is 55.5 Å². The number of esters is 1. The van der Waals surface area contributed by atoms with Gasteiger partial charge in [-0.3, -0.25) is 14.5 Å². The van der Waals surface area contributed by atoms with Gasteiger partial charge in [-0.15, -0.1) is 0 Å². The van der Waals surface area contributed by atoms with Crippen molar-refractivity contribution in [2.75, 3.05) is 37.6 Å². The van der Waals surface area contributed by atoms with Crippen LogP contribution in [0.4, 0.5) is 5.95 Å². The molecule has 11 heteroatoms. The highest BCUT2D eigenvalue weighted by molar-refractivity contribution is 5.82. The molecule has 2 aromatic carbocycles. The van der Waals surface area contributed by atoms with Gasteiger partial charge in [0.2, 0.25) is 5.95 Å². The molecular weight excluding hydrogens is 562 g/mol. The number of carbonyl (C=O) groups is 2. The van der Waals surface area contributed by atoms with E-state index in [2.05, 4.69) is 32.0 Å². The van der Waals surface area contributed by atoms with Crippen LogP contribution in [-0.2, 0) is 37.0 Å². The molecule has 3 aromatic rings. The summed E-state index contributed by atoms with van der Waals surface area (Å²) in [6.45, 7) is 9.49. The summed E-state index contributed by atoms with van der Waals surface area (Å²) in [6.07, 6.45) is 1.82. The smallest absolute Gasteiger partial charge is 0.303 e. The van der Waals surface area contributed by atoms with Gasteiger partial charge in [0.15, 0.2) is 12.4 Å². The van der Waals surface area contributed by atoms with Crippen molar-refractivity contribution in [2.45, 2.75) is 58.5 Å². The minimum absolute atomic E-state index is 0.00874. The zero-order valence-corrected chi connectivity index (χ0v) is 25.5. The van der Waals surface area contributed by atoms with E-state index in [1.54, 1.807) is 19.3 Å². The second-order valence-corrected chi connectivity index (χ2v) is 11.4. The molecule has 0 aliphatic carbocycles. The lowest BCUT2D eigenvalue weighted by Crippen LogP contribution is -2.51. The standard InChI is InChI=1S/C33H41N5O6/c1-22-29(20-37-15-17-38(18-16-37)33-34-13-4-14-35-33)43-32(44-30(22)27-9-7-26(21-39)8-10-27)28-11-5-25(6-12-28)19-36-31(41)23(2)42-24(3)40/h4-14,22-23,29-30,32,39H,15-21H2,1-3H3,(H,36,41)/t22-,23+,29+,30+,32+/m1/s1. The van der Waals surface area contributed by atoms with E-state index in [9.17, 15) is 14.7 Å². The number of rotatable bonds is 10. The van der Waals surface area contributed by atoms with Crippen LogP contribution in [0.3, 0.4) is 0 Å². The van der Waals surface area contributed by atoms with Crippen LogP contribution in [0.5, 0.6) is 0 Å². The third-order valence-corrected chi connectivity index (χ3v) is 8.20. The molecular formula is C33H41N5O6. The molecule has 1 aromatic heterocycles. The molecule has 0 unspecified atom stereocenters. The molecule has 5 atom stereocenters. The molecule has 0 bridgehead atoms. The lowest BCUT2D eigenvalue weighted by atomic mass is 9.90. The van der Waals surface area contributed by atoms with Crippen LogP contribution >= 0.6 is 0 Å². The summed E-state index contributed by atoms with van der Waals surface area (Å²) >= 11 is 0. The van der Waals surface area contributed by atoms with Crippen molar-refractivity contribution in [3.63, 3.8) is 0 Å². The van der Waals surface area contributed by atoms with Crippen molar-refractivity contribution < 1.29 is 28.9 Å². The van der Waals surface area contributed by atoms with Gasteiger partial charge in [-0.25, -0.2) is 9.97 Å². The predicted octanol–water partition coefficient (Wildman–Crippen LogP) is 3.15. The van der Waals surface area contributed by atoms with Crippen LogP contribution in [-0.4, -0.2) is 76.8 Å². The Kier molecular flexibility index (Phi) is 10.5. The Morgan fingerprint density at radius 2 is 1.61 bits per heavy atom. The molecule has 234 valence electrons. The summed E-state index contributed by atoms with van der Waals surface area (Å²) in [6, 6.07) is 17.5. The van der Waals surface area contributed by atoms with Gasteiger partial charge >= 0.3 is 5.97 Å². The first kappa shape index (κ1) is 31.5. The van der Waals surface area contributed by atoms with Crippen LogP contribution < -0.4 is 10.2 Å². The number of carbonyl (C=O) groups excluding carboxylic acids is 2. The third-order valence-electron chi connectivity index (χ3n) is 8.20. The van der Waals surface area contributed by atoms with Crippen molar-refractivity contribution in [1.29, 1.82) is 0 Å². The van der Waals surface area contributed by atoms with Gasteiger partial charge in [-0.05, 0) is 29.7 Å². The second kappa shape index (κ2) is 14.7. The highest BCUT2D eigenvalue weighted by atomic mass is 16.7. The lowest BCUT2D eigenvalue weighted by molar-refractivity contribution is -0.276. The van der Waals surface area contributed by atoms with Crippen molar-refractivity contribution >= 4 is 17.8 Å². The number of amides is 1. The molecule has 0 radical (unpaired) electrons.